The van der Waals surface area contributed by atoms with Crippen LogP contribution in [0.2, 0.25) is 0 Å². The van der Waals surface area contributed by atoms with Gasteiger partial charge in [0.1, 0.15) is 0 Å². The van der Waals surface area contributed by atoms with Gasteiger partial charge in [-0.1, -0.05) is 24.3 Å². The molecule has 0 aromatic carbocycles. The molecule has 0 spiro atoms. The van der Waals surface area contributed by atoms with E-state index in [2.05, 4.69) is 24.3 Å². The second-order valence-electron chi connectivity index (χ2n) is 4.07. The summed E-state index contributed by atoms with van der Waals surface area (Å²) in [6.45, 7) is 11.9. The minimum atomic E-state index is -0.279. The van der Waals surface area contributed by atoms with E-state index in [0.29, 0.717) is 0 Å². The van der Waals surface area contributed by atoms with Gasteiger partial charge in [0, 0.05) is 10.4 Å². The van der Waals surface area contributed by atoms with Gasteiger partial charge in [0.05, 0.1) is 0 Å². The fourth-order valence-electron chi connectivity index (χ4n) is 0.936. The first-order valence-electron chi connectivity index (χ1n) is 4.97. The molecular weight excluding hydrogens is 204 g/mol. The Morgan fingerprint density at radius 2 is 1.93 bits per heavy atom. The second-order valence-corrected chi connectivity index (χ2v) is 5.30. The van der Waals surface area contributed by atoms with E-state index in [1.807, 2.05) is 33.9 Å². The zero-order valence-electron chi connectivity index (χ0n) is 10.3. The molecule has 2 nitrogen and oxygen atoms in total. The molecule has 0 saturated carbocycles. The molecule has 3 N–H and O–H groups in total. The summed E-state index contributed by atoms with van der Waals surface area (Å²) in [5, 5.41) is 0. The Labute approximate surface area is 97.8 Å². The van der Waals surface area contributed by atoms with Crippen molar-refractivity contribution in [2.75, 3.05) is 7.05 Å². The smallest absolute Gasteiger partial charge is 0.0311 e. The van der Waals surface area contributed by atoms with Gasteiger partial charge in [-0.25, -0.2) is 0 Å². The highest BCUT2D eigenvalue weighted by Gasteiger charge is 2.13. The molecule has 0 amide bonds. The maximum absolute atomic E-state index is 6.01. The number of rotatable bonds is 5. The Bertz CT molecular complexity index is 282. The van der Waals surface area contributed by atoms with Crippen LogP contribution in [0.15, 0.2) is 34.8 Å². The third-order valence-electron chi connectivity index (χ3n) is 2.27. The summed E-state index contributed by atoms with van der Waals surface area (Å²) in [4.78, 5) is 1.19. The van der Waals surface area contributed by atoms with Crippen molar-refractivity contribution < 1.29 is 0 Å². The van der Waals surface area contributed by atoms with Crippen LogP contribution in [-0.2, 0) is 0 Å². The molecule has 0 aliphatic carbocycles. The number of nitrogens with one attached hydrogen (secondary N) is 1. The fraction of sp³-hybridized carbons (Fsp3) is 0.500. The third-order valence-corrected chi connectivity index (χ3v) is 3.02. The van der Waals surface area contributed by atoms with Crippen molar-refractivity contribution in [3.8, 4) is 0 Å². The van der Waals surface area contributed by atoms with Gasteiger partial charge in [-0.3, -0.25) is 4.72 Å². The van der Waals surface area contributed by atoms with Gasteiger partial charge in [-0.2, -0.15) is 0 Å². The predicted molar refractivity (Wildman–Crippen MR) is 71.6 cm³/mol. The normalized spacial score (nSPS) is 14.9. The molecule has 0 aliphatic rings. The monoisotopic (exact) mass is 226 g/mol. The molecule has 0 aromatic heterocycles. The van der Waals surface area contributed by atoms with E-state index in [1.165, 1.54) is 4.91 Å². The zero-order valence-corrected chi connectivity index (χ0v) is 11.2. The molecule has 15 heavy (non-hydrogen) atoms. The van der Waals surface area contributed by atoms with Crippen molar-refractivity contribution in [1.82, 2.24) is 4.72 Å². The predicted octanol–water partition coefficient (Wildman–Crippen LogP) is 3.00. The van der Waals surface area contributed by atoms with Crippen molar-refractivity contribution in [2.45, 2.75) is 33.2 Å². The molecular formula is C12H22N2S. The van der Waals surface area contributed by atoms with E-state index < -0.39 is 0 Å². The number of hydrogen-bond acceptors (Lipinski definition) is 3. The second kappa shape index (κ2) is 6.16. The van der Waals surface area contributed by atoms with Crippen LogP contribution in [0, 0.1) is 0 Å². The highest BCUT2D eigenvalue weighted by atomic mass is 32.2. The van der Waals surface area contributed by atoms with Crippen LogP contribution in [0.4, 0.5) is 0 Å². The van der Waals surface area contributed by atoms with Crippen molar-refractivity contribution in [1.29, 1.82) is 0 Å². The number of allylic oxidation sites excluding steroid dienone is 4. The van der Waals surface area contributed by atoms with E-state index in [9.17, 15) is 0 Å². The molecule has 0 aromatic rings. The first-order chi connectivity index (χ1) is 6.82. The first-order valence-corrected chi connectivity index (χ1v) is 5.79. The van der Waals surface area contributed by atoms with Crippen LogP contribution in [-0.4, -0.2) is 12.6 Å². The van der Waals surface area contributed by atoms with Crippen LogP contribution in [0.5, 0.6) is 0 Å². The summed E-state index contributed by atoms with van der Waals surface area (Å²) in [7, 11) is 1.90. The van der Waals surface area contributed by atoms with Gasteiger partial charge >= 0.3 is 0 Å². The van der Waals surface area contributed by atoms with E-state index >= 15 is 0 Å². The van der Waals surface area contributed by atoms with E-state index in [4.69, 9.17) is 5.73 Å². The fourth-order valence-corrected chi connectivity index (χ4v) is 1.50. The van der Waals surface area contributed by atoms with Crippen LogP contribution in [0.1, 0.15) is 27.7 Å². The Hall–Kier alpha value is -0.510. The van der Waals surface area contributed by atoms with E-state index in [0.717, 1.165) is 11.1 Å². The molecule has 0 rings (SSSR count). The van der Waals surface area contributed by atoms with Crippen LogP contribution in [0.25, 0.3) is 0 Å². The largest absolute Gasteiger partial charge is 0.322 e. The zero-order chi connectivity index (χ0) is 12.1. The summed E-state index contributed by atoms with van der Waals surface area (Å²) in [6, 6.07) is 0. The first kappa shape index (κ1) is 14.5. The Balaban J connectivity index is 5.03. The van der Waals surface area contributed by atoms with Crippen molar-refractivity contribution in [3.63, 3.8) is 0 Å². The van der Waals surface area contributed by atoms with Gasteiger partial charge < -0.3 is 5.73 Å². The Kier molecular flexibility index (Phi) is 5.95. The summed E-state index contributed by atoms with van der Waals surface area (Å²) < 4.78 is 3.04. The average Bonchev–Trinajstić information content (AvgIpc) is 2.12. The van der Waals surface area contributed by atoms with E-state index in [1.54, 1.807) is 11.9 Å². The van der Waals surface area contributed by atoms with Gasteiger partial charge in [0.25, 0.3) is 0 Å². The highest BCUT2D eigenvalue weighted by molar-refractivity contribution is 8.01. The molecule has 0 heterocycles. The molecule has 0 bridgehead atoms. The lowest BCUT2D eigenvalue weighted by molar-refractivity contribution is 0.611. The minimum Gasteiger partial charge on any atom is -0.322 e. The topological polar surface area (TPSA) is 38.0 Å². The number of nitrogens with two attached hydrogens (primary N) is 1. The molecule has 0 saturated heterocycles. The van der Waals surface area contributed by atoms with Crippen molar-refractivity contribution in [3.05, 3.63) is 34.8 Å². The maximum atomic E-state index is 6.01. The third kappa shape index (κ3) is 5.21. The lowest BCUT2D eigenvalue weighted by Crippen LogP contribution is -2.33. The van der Waals surface area contributed by atoms with Gasteiger partial charge in [-0.15, -0.1) is 0 Å². The molecule has 0 atom stereocenters. The molecule has 0 fully saturated rings. The van der Waals surface area contributed by atoms with Gasteiger partial charge in [0.2, 0.25) is 0 Å². The SMILES string of the molecule is C=CC(/C=C(\C)C(C)(C)N)=C(/C)SNC. The van der Waals surface area contributed by atoms with Gasteiger partial charge in [-0.05, 0) is 52.3 Å². The standard InChI is InChI=1S/C12H22N2S/c1-7-11(10(3)15-14-6)8-9(2)12(4,5)13/h7-8,14H,1,13H2,2-6H3/b9-8+,11-10+. The average molecular weight is 226 g/mol. The summed E-state index contributed by atoms with van der Waals surface area (Å²) >= 11 is 1.59. The number of hydrogen-bond donors (Lipinski definition) is 2. The van der Waals surface area contributed by atoms with Crippen molar-refractivity contribution in [2.24, 2.45) is 5.73 Å². The van der Waals surface area contributed by atoms with Crippen molar-refractivity contribution >= 4 is 11.9 Å². The summed E-state index contributed by atoms with van der Waals surface area (Å²) in [5.74, 6) is 0. The lowest BCUT2D eigenvalue weighted by atomic mass is 9.95. The molecule has 0 radical (unpaired) electrons. The Morgan fingerprint density at radius 3 is 2.27 bits per heavy atom. The molecule has 0 aliphatic heterocycles. The van der Waals surface area contributed by atoms with E-state index in [-0.39, 0.29) is 5.54 Å². The molecule has 3 heteroatoms. The summed E-state index contributed by atoms with van der Waals surface area (Å²) in [6.07, 6.45) is 3.95. The summed E-state index contributed by atoms with van der Waals surface area (Å²) in [5.41, 5.74) is 7.99. The highest BCUT2D eigenvalue weighted by Crippen LogP contribution is 2.21. The van der Waals surface area contributed by atoms with Gasteiger partial charge in [0.15, 0.2) is 0 Å². The van der Waals surface area contributed by atoms with Crippen LogP contribution < -0.4 is 10.5 Å². The lowest BCUT2D eigenvalue weighted by Gasteiger charge is -2.20. The maximum Gasteiger partial charge on any atom is 0.0311 e. The van der Waals surface area contributed by atoms with Crippen LogP contribution >= 0.6 is 11.9 Å². The minimum absolute atomic E-state index is 0.279. The van der Waals surface area contributed by atoms with Crippen LogP contribution in [0.3, 0.4) is 0 Å². The molecule has 0 unspecified atom stereocenters. The molecule has 86 valence electrons. The Morgan fingerprint density at radius 1 is 1.40 bits per heavy atom. The quantitative estimate of drug-likeness (QED) is 0.559.